The summed E-state index contributed by atoms with van der Waals surface area (Å²) in [4.78, 5) is 32.8. The van der Waals surface area contributed by atoms with Crippen LogP contribution >= 0.6 is 0 Å². The van der Waals surface area contributed by atoms with E-state index in [-0.39, 0.29) is 29.7 Å². The molecule has 3 N–H and O–H groups in total. The number of aliphatic hydroxyl groups is 1. The van der Waals surface area contributed by atoms with Crippen molar-refractivity contribution >= 4 is 11.6 Å². The molecule has 7 rings (SSSR count). The third-order valence-electron chi connectivity index (χ3n) is 8.52. The Morgan fingerprint density at radius 2 is 1.81 bits per heavy atom. The first-order valence-electron chi connectivity index (χ1n) is 14.3. The van der Waals surface area contributed by atoms with Gasteiger partial charge in [0.25, 0.3) is 11.5 Å². The van der Waals surface area contributed by atoms with Crippen LogP contribution in [0.2, 0.25) is 0 Å². The van der Waals surface area contributed by atoms with Crippen molar-refractivity contribution in [3.63, 3.8) is 0 Å². The maximum Gasteiger partial charge on any atom is 0.296 e. The number of fused-ring (bicyclic) bond motifs is 2. The van der Waals surface area contributed by atoms with Gasteiger partial charge in [-0.3, -0.25) is 18.8 Å². The maximum atomic E-state index is 13.4. The van der Waals surface area contributed by atoms with Crippen molar-refractivity contribution < 1.29 is 9.90 Å². The second kappa shape index (κ2) is 10.3. The zero-order valence-corrected chi connectivity index (χ0v) is 23.1. The van der Waals surface area contributed by atoms with Crippen LogP contribution in [0.4, 0.5) is 0 Å². The number of piperidine rings is 1. The summed E-state index contributed by atoms with van der Waals surface area (Å²) in [5.41, 5.74) is 10.6. The molecular formula is C31H32N8O3. The summed E-state index contributed by atoms with van der Waals surface area (Å²) >= 11 is 0. The van der Waals surface area contributed by atoms with Crippen molar-refractivity contribution in [2.24, 2.45) is 5.73 Å². The van der Waals surface area contributed by atoms with Gasteiger partial charge in [0.05, 0.1) is 30.6 Å². The fraction of sp³-hybridized carbons (Fsp3) is 0.323. The lowest BCUT2D eigenvalue weighted by Crippen LogP contribution is -2.50. The van der Waals surface area contributed by atoms with E-state index in [2.05, 4.69) is 27.3 Å². The molecule has 1 atom stereocenters. The minimum Gasteiger partial charge on any atom is -0.388 e. The normalized spacial score (nSPS) is 18.0. The fourth-order valence-corrected chi connectivity index (χ4v) is 6.18. The Balaban J connectivity index is 1.04. The summed E-state index contributed by atoms with van der Waals surface area (Å²) in [6.07, 6.45) is 7.12. The molecule has 0 radical (unpaired) electrons. The SMILES string of the molecule is NC1Cc2ccc(-c3cnc4c(=O)n(CC5(O)CCN(C(=O)c6ccnn6Cc6ccccc6)CC5)cnn34)cc2C1. The Bertz CT molecular complexity index is 1830. The molecule has 1 unspecified atom stereocenters. The first kappa shape index (κ1) is 26.3. The number of imidazole rings is 1. The molecule has 2 aromatic carbocycles. The highest BCUT2D eigenvalue weighted by molar-refractivity contribution is 5.92. The van der Waals surface area contributed by atoms with Crippen LogP contribution in [0.3, 0.4) is 0 Å². The van der Waals surface area contributed by atoms with Crippen molar-refractivity contribution in [1.29, 1.82) is 0 Å². The lowest BCUT2D eigenvalue weighted by molar-refractivity contribution is -0.0302. The highest BCUT2D eigenvalue weighted by atomic mass is 16.3. The molecule has 5 aromatic rings. The first-order valence-corrected chi connectivity index (χ1v) is 14.3. The number of rotatable bonds is 6. The van der Waals surface area contributed by atoms with E-state index >= 15 is 0 Å². The van der Waals surface area contributed by atoms with Gasteiger partial charge in [-0.1, -0.05) is 42.5 Å². The molecule has 214 valence electrons. The molecule has 1 saturated heterocycles. The highest BCUT2D eigenvalue weighted by Crippen LogP contribution is 2.28. The molecule has 11 heteroatoms. The van der Waals surface area contributed by atoms with E-state index < -0.39 is 5.60 Å². The van der Waals surface area contributed by atoms with Gasteiger partial charge >= 0.3 is 0 Å². The minimum absolute atomic E-state index is 0.0717. The van der Waals surface area contributed by atoms with Crippen LogP contribution in [0.5, 0.6) is 0 Å². The minimum atomic E-state index is -1.15. The summed E-state index contributed by atoms with van der Waals surface area (Å²) in [7, 11) is 0. The van der Waals surface area contributed by atoms with Gasteiger partial charge in [0.1, 0.15) is 12.0 Å². The van der Waals surface area contributed by atoms with E-state index in [9.17, 15) is 14.7 Å². The van der Waals surface area contributed by atoms with Gasteiger partial charge in [0, 0.05) is 30.9 Å². The first-order chi connectivity index (χ1) is 20.4. The Hall–Kier alpha value is -4.61. The second-order valence-electron chi connectivity index (χ2n) is 11.5. The zero-order valence-electron chi connectivity index (χ0n) is 23.1. The number of aromatic nitrogens is 6. The molecule has 11 nitrogen and oxygen atoms in total. The van der Waals surface area contributed by atoms with Crippen molar-refractivity contribution in [3.05, 3.63) is 106 Å². The number of benzene rings is 2. The van der Waals surface area contributed by atoms with Crippen LogP contribution in [-0.2, 0) is 25.9 Å². The van der Waals surface area contributed by atoms with Gasteiger partial charge in [-0.2, -0.15) is 10.2 Å². The Kier molecular flexibility index (Phi) is 6.47. The number of amides is 1. The molecule has 3 aromatic heterocycles. The summed E-state index contributed by atoms with van der Waals surface area (Å²) in [6.45, 7) is 1.31. The summed E-state index contributed by atoms with van der Waals surface area (Å²) in [5, 5.41) is 20.3. The lowest BCUT2D eigenvalue weighted by atomic mass is 9.91. The third-order valence-corrected chi connectivity index (χ3v) is 8.52. The third kappa shape index (κ3) is 4.80. The number of hydrogen-bond acceptors (Lipinski definition) is 7. The molecule has 42 heavy (non-hydrogen) atoms. The van der Waals surface area contributed by atoms with E-state index in [1.165, 1.54) is 22.0 Å². The van der Waals surface area contributed by atoms with Crippen LogP contribution in [0, 0.1) is 0 Å². The van der Waals surface area contributed by atoms with Gasteiger partial charge in [0.2, 0.25) is 5.65 Å². The predicted molar refractivity (Wildman–Crippen MR) is 156 cm³/mol. The Labute approximate surface area is 241 Å². The largest absolute Gasteiger partial charge is 0.388 e. The second-order valence-corrected chi connectivity index (χ2v) is 11.5. The maximum absolute atomic E-state index is 13.4. The van der Waals surface area contributed by atoms with E-state index in [4.69, 9.17) is 5.73 Å². The van der Waals surface area contributed by atoms with Crippen LogP contribution < -0.4 is 11.3 Å². The lowest BCUT2D eigenvalue weighted by Gasteiger charge is -2.38. The van der Waals surface area contributed by atoms with Crippen LogP contribution in [-0.4, -0.2) is 69.6 Å². The van der Waals surface area contributed by atoms with E-state index in [1.807, 2.05) is 36.4 Å². The standard InChI is InChI=1S/C31H32N8O3/c32-25-15-22-6-7-23(14-24(22)16-25)27-17-33-28-30(41)37(20-35-39(27)28)19-31(42)9-12-36(13-10-31)29(40)26-8-11-34-38(26)18-21-4-2-1-3-5-21/h1-8,11,14,17,20,25,42H,9-10,12-13,15-16,18-19,32H2. The number of carbonyl (C=O) groups excluding carboxylic acids is 1. The quantitative estimate of drug-likeness (QED) is 0.321. The van der Waals surface area contributed by atoms with Gasteiger partial charge in [-0.25, -0.2) is 9.50 Å². The number of nitrogens with zero attached hydrogens (tertiary/aromatic N) is 7. The zero-order chi connectivity index (χ0) is 28.8. The van der Waals surface area contributed by atoms with Gasteiger partial charge in [-0.05, 0) is 54.5 Å². The molecule has 0 bridgehead atoms. The van der Waals surface area contributed by atoms with Crippen molar-refractivity contribution in [3.8, 4) is 11.3 Å². The predicted octanol–water partition coefficient (Wildman–Crippen LogP) is 1.90. The number of carbonyl (C=O) groups is 1. The number of nitrogens with two attached hydrogens (primary N) is 1. The molecule has 4 heterocycles. The molecule has 2 aliphatic rings. The molecule has 1 amide bonds. The van der Waals surface area contributed by atoms with Crippen LogP contribution in [0.25, 0.3) is 16.9 Å². The average molecular weight is 565 g/mol. The van der Waals surface area contributed by atoms with E-state index in [0.717, 1.165) is 29.7 Å². The number of hydrogen-bond donors (Lipinski definition) is 2. The summed E-state index contributed by atoms with van der Waals surface area (Å²) < 4.78 is 4.68. The van der Waals surface area contributed by atoms with Crippen molar-refractivity contribution in [2.75, 3.05) is 13.1 Å². The van der Waals surface area contributed by atoms with Gasteiger partial charge in [0.15, 0.2) is 0 Å². The topological polar surface area (TPSA) is 137 Å². The smallest absolute Gasteiger partial charge is 0.296 e. The molecule has 1 aliphatic carbocycles. The Morgan fingerprint density at radius 1 is 1.02 bits per heavy atom. The van der Waals surface area contributed by atoms with E-state index in [0.29, 0.717) is 38.2 Å². The average Bonchev–Trinajstić information content (AvgIpc) is 3.72. The summed E-state index contributed by atoms with van der Waals surface area (Å²) in [6, 6.07) is 17.9. The van der Waals surface area contributed by atoms with Crippen LogP contribution in [0.15, 0.2) is 78.1 Å². The highest BCUT2D eigenvalue weighted by Gasteiger charge is 2.36. The van der Waals surface area contributed by atoms with Gasteiger partial charge < -0.3 is 15.7 Å². The molecule has 1 fully saturated rings. The summed E-state index contributed by atoms with van der Waals surface area (Å²) in [5.74, 6) is -0.121. The Morgan fingerprint density at radius 3 is 2.62 bits per heavy atom. The molecule has 1 aliphatic heterocycles. The molecule has 0 saturated carbocycles. The monoisotopic (exact) mass is 564 g/mol. The van der Waals surface area contributed by atoms with Crippen molar-refractivity contribution in [1.82, 2.24) is 33.8 Å². The fourth-order valence-electron chi connectivity index (χ4n) is 6.18. The number of likely N-dealkylation sites (tertiary alicyclic amines) is 1. The van der Waals surface area contributed by atoms with Gasteiger partial charge in [-0.15, -0.1) is 0 Å². The van der Waals surface area contributed by atoms with Crippen molar-refractivity contribution in [2.45, 2.75) is 50.4 Å². The molecular weight excluding hydrogens is 532 g/mol. The van der Waals surface area contributed by atoms with Crippen LogP contribution in [0.1, 0.15) is 40.0 Å². The molecule has 0 spiro atoms. The van der Waals surface area contributed by atoms with E-state index in [1.54, 1.807) is 32.6 Å².